The normalized spacial score (nSPS) is 11.7. The lowest BCUT2D eigenvalue weighted by Gasteiger charge is -2.21. The van der Waals surface area contributed by atoms with Crippen LogP contribution in [0.1, 0.15) is 25.8 Å². The van der Waals surface area contributed by atoms with E-state index in [0.29, 0.717) is 29.4 Å². The van der Waals surface area contributed by atoms with Crippen LogP contribution in [-0.4, -0.2) is 31.1 Å². The second-order valence-corrected chi connectivity index (χ2v) is 6.61. The minimum absolute atomic E-state index is 0.163. The van der Waals surface area contributed by atoms with Gasteiger partial charge in [-0.3, -0.25) is 14.4 Å². The van der Waals surface area contributed by atoms with E-state index in [4.69, 9.17) is 9.47 Å². The first-order valence-corrected chi connectivity index (χ1v) is 9.23. The number of nitrogens with zero attached hydrogens (tertiary/aromatic N) is 1. The van der Waals surface area contributed by atoms with Gasteiger partial charge in [0.2, 0.25) is 24.5 Å². The van der Waals surface area contributed by atoms with Gasteiger partial charge >= 0.3 is 0 Å². The van der Waals surface area contributed by atoms with E-state index in [9.17, 15) is 14.4 Å². The van der Waals surface area contributed by atoms with Crippen molar-refractivity contribution in [2.45, 2.75) is 26.8 Å². The third kappa shape index (κ3) is 5.47. The standard InChI is InChI=1S/C21H23N3O5/c1-14(25)23-17-4-6-18(7-5-17)24(15(2)26)10-9-21(27)22-12-16-3-8-19-20(11-16)29-13-28-19/h3-8,11H,9-10,12-13H2,1-2H3,(H,22,27)(H,23,25). The molecule has 0 fully saturated rings. The van der Waals surface area contributed by atoms with Crippen LogP contribution in [0.25, 0.3) is 0 Å². The SMILES string of the molecule is CC(=O)Nc1ccc(N(CCC(=O)NCc2ccc3c(c2)OCO3)C(C)=O)cc1. The first kappa shape index (κ1) is 20.2. The number of hydrogen-bond acceptors (Lipinski definition) is 5. The predicted molar refractivity (Wildman–Crippen MR) is 108 cm³/mol. The van der Waals surface area contributed by atoms with Crippen LogP contribution in [0.4, 0.5) is 11.4 Å². The van der Waals surface area contributed by atoms with E-state index in [1.54, 1.807) is 24.3 Å². The number of carbonyl (C=O) groups excluding carboxylic acids is 3. The summed E-state index contributed by atoms with van der Waals surface area (Å²) in [6, 6.07) is 12.4. The van der Waals surface area contributed by atoms with Crippen molar-refractivity contribution in [3.63, 3.8) is 0 Å². The van der Waals surface area contributed by atoms with E-state index >= 15 is 0 Å². The Morgan fingerprint density at radius 2 is 1.72 bits per heavy atom. The molecule has 0 saturated carbocycles. The largest absolute Gasteiger partial charge is 0.454 e. The second kappa shape index (κ2) is 9.09. The molecule has 0 unspecified atom stereocenters. The number of carbonyl (C=O) groups is 3. The van der Waals surface area contributed by atoms with Crippen LogP contribution in [0.2, 0.25) is 0 Å². The van der Waals surface area contributed by atoms with Gasteiger partial charge in [-0.25, -0.2) is 0 Å². The fourth-order valence-electron chi connectivity index (χ4n) is 2.95. The van der Waals surface area contributed by atoms with E-state index in [-0.39, 0.29) is 37.5 Å². The van der Waals surface area contributed by atoms with Gasteiger partial charge in [-0.15, -0.1) is 0 Å². The topological polar surface area (TPSA) is 97.0 Å². The molecular formula is C21H23N3O5. The summed E-state index contributed by atoms with van der Waals surface area (Å²) in [7, 11) is 0. The van der Waals surface area contributed by atoms with Crippen LogP contribution in [0.15, 0.2) is 42.5 Å². The van der Waals surface area contributed by atoms with Gasteiger partial charge in [0, 0.05) is 44.7 Å². The van der Waals surface area contributed by atoms with Gasteiger partial charge in [-0.05, 0) is 42.0 Å². The van der Waals surface area contributed by atoms with Gasteiger partial charge in [0.15, 0.2) is 11.5 Å². The van der Waals surface area contributed by atoms with Crippen LogP contribution in [0.5, 0.6) is 11.5 Å². The lowest BCUT2D eigenvalue weighted by molar-refractivity contribution is -0.121. The molecule has 0 spiro atoms. The Morgan fingerprint density at radius 1 is 1.00 bits per heavy atom. The van der Waals surface area contributed by atoms with E-state index in [1.807, 2.05) is 18.2 Å². The van der Waals surface area contributed by atoms with Gasteiger partial charge in [0.1, 0.15) is 0 Å². The first-order chi connectivity index (χ1) is 13.9. The highest BCUT2D eigenvalue weighted by Gasteiger charge is 2.15. The quantitative estimate of drug-likeness (QED) is 0.748. The third-order valence-electron chi connectivity index (χ3n) is 4.37. The third-order valence-corrected chi connectivity index (χ3v) is 4.37. The number of ether oxygens (including phenoxy) is 2. The van der Waals surface area contributed by atoms with Crippen molar-refractivity contribution in [2.24, 2.45) is 0 Å². The zero-order valence-electron chi connectivity index (χ0n) is 16.4. The molecule has 8 heteroatoms. The van der Waals surface area contributed by atoms with Crippen molar-refractivity contribution >= 4 is 29.1 Å². The number of nitrogens with one attached hydrogen (secondary N) is 2. The fourth-order valence-corrected chi connectivity index (χ4v) is 2.95. The lowest BCUT2D eigenvalue weighted by atomic mass is 10.2. The van der Waals surface area contributed by atoms with Crippen LogP contribution in [0, 0.1) is 0 Å². The van der Waals surface area contributed by atoms with Gasteiger partial charge < -0.3 is 25.0 Å². The minimum Gasteiger partial charge on any atom is -0.454 e. The summed E-state index contributed by atoms with van der Waals surface area (Å²) in [6.45, 7) is 3.70. The summed E-state index contributed by atoms with van der Waals surface area (Å²) >= 11 is 0. The molecule has 0 aromatic heterocycles. The first-order valence-electron chi connectivity index (χ1n) is 9.23. The summed E-state index contributed by atoms with van der Waals surface area (Å²) in [5.74, 6) is 0.869. The van der Waals surface area contributed by atoms with E-state index in [1.165, 1.54) is 18.7 Å². The molecule has 2 N–H and O–H groups in total. The Hall–Kier alpha value is -3.55. The maximum atomic E-state index is 12.2. The summed E-state index contributed by atoms with van der Waals surface area (Å²) in [6.07, 6.45) is 0.164. The van der Waals surface area contributed by atoms with Crippen molar-refractivity contribution in [3.8, 4) is 11.5 Å². The maximum Gasteiger partial charge on any atom is 0.231 e. The molecule has 8 nitrogen and oxygen atoms in total. The summed E-state index contributed by atoms with van der Waals surface area (Å²) in [5, 5.41) is 5.52. The molecule has 2 aromatic carbocycles. The average molecular weight is 397 g/mol. The Balaban J connectivity index is 1.52. The maximum absolute atomic E-state index is 12.2. The molecule has 3 amide bonds. The van der Waals surface area contributed by atoms with Gasteiger partial charge in [-0.1, -0.05) is 6.07 Å². The number of fused-ring (bicyclic) bond motifs is 1. The number of anilines is 2. The molecule has 0 radical (unpaired) electrons. The average Bonchev–Trinajstić information content (AvgIpc) is 3.15. The van der Waals surface area contributed by atoms with Crippen LogP contribution in [0.3, 0.4) is 0 Å². The highest BCUT2D eigenvalue weighted by Crippen LogP contribution is 2.32. The summed E-state index contributed by atoms with van der Waals surface area (Å²) in [4.78, 5) is 36.9. The summed E-state index contributed by atoms with van der Waals surface area (Å²) < 4.78 is 10.6. The lowest BCUT2D eigenvalue weighted by Crippen LogP contribution is -2.33. The van der Waals surface area contributed by atoms with Crippen molar-refractivity contribution in [3.05, 3.63) is 48.0 Å². The van der Waals surface area contributed by atoms with Crippen molar-refractivity contribution in [1.29, 1.82) is 0 Å². The number of hydrogen-bond donors (Lipinski definition) is 2. The fraction of sp³-hybridized carbons (Fsp3) is 0.286. The molecule has 0 aliphatic carbocycles. The molecule has 29 heavy (non-hydrogen) atoms. The van der Waals surface area contributed by atoms with E-state index in [0.717, 1.165) is 5.56 Å². The molecule has 1 aliphatic rings. The van der Waals surface area contributed by atoms with E-state index in [2.05, 4.69) is 10.6 Å². The predicted octanol–water partition coefficient (Wildman–Crippen LogP) is 2.43. The molecule has 1 aliphatic heterocycles. The number of rotatable bonds is 7. The van der Waals surface area contributed by atoms with Gasteiger partial charge in [0.25, 0.3) is 0 Å². The van der Waals surface area contributed by atoms with Crippen LogP contribution >= 0.6 is 0 Å². The van der Waals surface area contributed by atoms with E-state index < -0.39 is 0 Å². The number of amides is 3. The van der Waals surface area contributed by atoms with Crippen LogP contribution < -0.4 is 25.0 Å². The zero-order valence-corrected chi connectivity index (χ0v) is 16.4. The highest BCUT2D eigenvalue weighted by atomic mass is 16.7. The highest BCUT2D eigenvalue weighted by molar-refractivity contribution is 5.93. The van der Waals surface area contributed by atoms with Crippen molar-refractivity contribution in [2.75, 3.05) is 23.6 Å². The van der Waals surface area contributed by atoms with Gasteiger partial charge in [-0.2, -0.15) is 0 Å². The second-order valence-electron chi connectivity index (χ2n) is 6.61. The Morgan fingerprint density at radius 3 is 2.41 bits per heavy atom. The number of benzene rings is 2. The Bertz CT molecular complexity index is 911. The smallest absolute Gasteiger partial charge is 0.231 e. The molecule has 152 valence electrons. The zero-order chi connectivity index (χ0) is 20.8. The minimum atomic E-state index is -0.166. The molecule has 3 rings (SSSR count). The Kier molecular flexibility index (Phi) is 6.33. The molecule has 2 aromatic rings. The molecule has 0 atom stereocenters. The monoisotopic (exact) mass is 397 g/mol. The Labute approximate surface area is 168 Å². The van der Waals surface area contributed by atoms with Crippen molar-refractivity contribution in [1.82, 2.24) is 5.32 Å². The molecule has 1 heterocycles. The summed E-state index contributed by atoms with van der Waals surface area (Å²) in [5.41, 5.74) is 2.21. The molecule has 0 bridgehead atoms. The molecular weight excluding hydrogens is 374 g/mol. The van der Waals surface area contributed by atoms with Gasteiger partial charge in [0.05, 0.1) is 0 Å². The molecule has 0 saturated heterocycles. The van der Waals surface area contributed by atoms with Crippen molar-refractivity contribution < 1.29 is 23.9 Å². The van der Waals surface area contributed by atoms with Crippen LogP contribution in [-0.2, 0) is 20.9 Å².